The van der Waals surface area contributed by atoms with Gasteiger partial charge < -0.3 is 11.1 Å². The number of aryl methyl sites for hydroxylation is 1. The molecule has 0 aliphatic rings. The Morgan fingerprint density at radius 2 is 2.16 bits per heavy atom. The number of amides is 1. The van der Waals surface area contributed by atoms with Crippen LogP contribution in [0.15, 0.2) is 16.6 Å². The first-order valence-electron chi connectivity index (χ1n) is 5.16. The second kappa shape index (κ2) is 4.96. The van der Waals surface area contributed by atoms with Gasteiger partial charge in [-0.2, -0.15) is 5.10 Å². The summed E-state index contributed by atoms with van der Waals surface area (Å²) in [5.74, 6) is -2.34. The highest BCUT2D eigenvalue weighted by molar-refractivity contribution is 9.10. The highest BCUT2D eigenvalue weighted by atomic mass is 79.9. The SMILES string of the molecule is Cc1[nH]nc(C(=O)Nc2c(F)cc(F)cc2Br)c1N. The number of nitrogen functional groups attached to an aromatic ring is 1. The maximum Gasteiger partial charge on any atom is 0.278 e. The maximum absolute atomic E-state index is 13.5. The molecule has 0 saturated carbocycles. The summed E-state index contributed by atoms with van der Waals surface area (Å²) in [5, 5.41) is 8.54. The van der Waals surface area contributed by atoms with Crippen molar-refractivity contribution >= 4 is 33.2 Å². The molecular formula is C11H9BrF2N4O. The van der Waals surface area contributed by atoms with E-state index in [0.29, 0.717) is 11.8 Å². The monoisotopic (exact) mass is 330 g/mol. The first-order valence-corrected chi connectivity index (χ1v) is 5.95. The molecule has 0 unspecified atom stereocenters. The molecule has 4 N–H and O–H groups in total. The second-order valence-electron chi connectivity index (χ2n) is 3.81. The minimum atomic E-state index is -0.897. The number of carbonyl (C=O) groups is 1. The molecule has 19 heavy (non-hydrogen) atoms. The van der Waals surface area contributed by atoms with Gasteiger partial charge in [0.15, 0.2) is 11.5 Å². The Hall–Kier alpha value is -1.96. The molecular weight excluding hydrogens is 322 g/mol. The van der Waals surface area contributed by atoms with Gasteiger partial charge in [-0.25, -0.2) is 8.78 Å². The number of nitrogens with two attached hydrogens (primary N) is 1. The molecule has 1 aromatic heterocycles. The summed E-state index contributed by atoms with van der Waals surface area (Å²) in [5.41, 5.74) is 6.12. The lowest BCUT2D eigenvalue weighted by molar-refractivity contribution is 0.102. The fourth-order valence-corrected chi connectivity index (χ4v) is 1.95. The van der Waals surface area contributed by atoms with Crippen LogP contribution in [0.3, 0.4) is 0 Å². The average Bonchev–Trinajstić information content (AvgIpc) is 2.64. The number of nitrogens with zero attached hydrogens (tertiary/aromatic N) is 1. The Balaban J connectivity index is 2.32. The van der Waals surface area contributed by atoms with Gasteiger partial charge >= 0.3 is 0 Å². The van der Waals surface area contributed by atoms with Crippen LogP contribution in [-0.4, -0.2) is 16.1 Å². The molecule has 0 atom stereocenters. The third kappa shape index (κ3) is 2.58. The van der Waals surface area contributed by atoms with E-state index in [1.165, 1.54) is 0 Å². The van der Waals surface area contributed by atoms with Gasteiger partial charge in [0, 0.05) is 10.5 Å². The standard InChI is InChI=1S/C11H9BrF2N4O/c1-4-8(15)10(18-17-4)11(19)16-9-6(12)2-5(13)3-7(9)14/h2-3H,15H2,1H3,(H,16,19)(H,17,18). The molecule has 2 aromatic rings. The largest absolute Gasteiger partial charge is 0.395 e. The van der Waals surface area contributed by atoms with Crippen molar-refractivity contribution in [2.75, 3.05) is 11.1 Å². The van der Waals surface area contributed by atoms with Crippen LogP contribution in [0.25, 0.3) is 0 Å². The van der Waals surface area contributed by atoms with Gasteiger partial charge in [0.25, 0.3) is 5.91 Å². The number of hydrogen-bond acceptors (Lipinski definition) is 3. The quantitative estimate of drug-likeness (QED) is 0.791. The molecule has 0 aliphatic heterocycles. The van der Waals surface area contributed by atoms with Crippen LogP contribution in [-0.2, 0) is 0 Å². The van der Waals surface area contributed by atoms with Crippen molar-refractivity contribution in [1.29, 1.82) is 0 Å². The molecule has 100 valence electrons. The number of H-pyrrole nitrogens is 1. The lowest BCUT2D eigenvalue weighted by atomic mass is 10.2. The predicted octanol–water partition coefficient (Wildman–Crippen LogP) is 2.59. The Morgan fingerprint density at radius 1 is 1.47 bits per heavy atom. The predicted molar refractivity (Wildman–Crippen MR) is 69.7 cm³/mol. The smallest absolute Gasteiger partial charge is 0.278 e. The van der Waals surface area contributed by atoms with Crippen LogP contribution in [0.1, 0.15) is 16.2 Å². The van der Waals surface area contributed by atoms with Crippen molar-refractivity contribution in [3.63, 3.8) is 0 Å². The molecule has 0 aliphatic carbocycles. The van der Waals surface area contributed by atoms with Crippen LogP contribution in [0.2, 0.25) is 0 Å². The van der Waals surface area contributed by atoms with Crippen LogP contribution >= 0.6 is 15.9 Å². The Kier molecular flexibility index (Phi) is 3.52. The zero-order valence-corrected chi connectivity index (χ0v) is 11.3. The Morgan fingerprint density at radius 3 is 2.68 bits per heavy atom. The van der Waals surface area contributed by atoms with Crippen molar-refractivity contribution in [3.8, 4) is 0 Å². The normalized spacial score (nSPS) is 10.5. The minimum absolute atomic E-state index is 0.0480. The first-order chi connectivity index (χ1) is 8.90. The fraction of sp³-hybridized carbons (Fsp3) is 0.0909. The number of hydrogen-bond donors (Lipinski definition) is 3. The maximum atomic E-state index is 13.5. The van der Waals surface area contributed by atoms with E-state index in [9.17, 15) is 13.6 Å². The topological polar surface area (TPSA) is 83.8 Å². The van der Waals surface area contributed by atoms with Crippen molar-refractivity contribution in [2.45, 2.75) is 6.92 Å². The zero-order valence-electron chi connectivity index (χ0n) is 9.72. The zero-order chi connectivity index (χ0) is 14.2. The van der Waals surface area contributed by atoms with Crippen molar-refractivity contribution in [2.24, 2.45) is 0 Å². The van der Waals surface area contributed by atoms with Crippen molar-refractivity contribution in [1.82, 2.24) is 10.2 Å². The molecule has 8 heteroatoms. The van der Waals surface area contributed by atoms with Gasteiger partial charge in [0.05, 0.1) is 17.1 Å². The Labute approximate surface area is 115 Å². The number of anilines is 2. The summed E-state index contributed by atoms with van der Waals surface area (Å²) in [7, 11) is 0. The number of benzene rings is 1. The van der Waals surface area contributed by atoms with Gasteiger partial charge in [-0.1, -0.05) is 0 Å². The third-order valence-electron chi connectivity index (χ3n) is 2.46. The van der Waals surface area contributed by atoms with E-state index in [0.717, 1.165) is 6.07 Å². The van der Waals surface area contributed by atoms with E-state index in [-0.39, 0.29) is 21.5 Å². The van der Waals surface area contributed by atoms with Crippen LogP contribution in [0, 0.1) is 18.6 Å². The Bertz CT molecular complexity index is 633. The lowest BCUT2D eigenvalue weighted by Crippen LogP contribution is -2.15. The number of carbonyl (C=O) groups excluding carboxylic acids is 1. The molecule has 1 amide bonds. The van der Waals surface area contributed by atoms with Crippen LogP contribution in [0.4, 0.5) is 20.2 Å². The van der Waals surface area contributed by atoms with Crippen LogP contribution in [0.5, 0.6) is 0 Å². The summed E-state index contributed by atoms with van der Waals surface area (Å²) < 4.78 is 26.6. The molecule has 0 saturated heterocycles. The van der Waals surface area contributed by atoms with Gasteiger partial charge in [0.1, 0.15) is 5.82 Å². The van der Waals surface area contributed by atoms with Crippen molar-refractivity contribution < 1.29 is 13.6 Å². The summed E-state index contributed by atoms with van der Waals surface area (Å²) in [4.78, 5) is 11.9. The molecule has 1 heterocycles. The highest BCUT2D eigenvalue weighted by Gasteiger charge is 2.18. The fourth-order valence-electron chi connectivity index (χ4n) is 1.45. The first kappa shape index (κ1) is 13.5. The van der Waals surface area contributed by atoms with E-state index in [4.69, 9.17) is 5.73 Å². The van der Waals surface area contributed by atoms with Crippen LogP contribution < -0.4 is 11.1 Å². The van der Waals surface area contributed by atoms with Crippen molar-refractivity contribution in [3.05, 3.63) is 39.6 Å². The van der Waals surface area contributed by atoms with E-state index in [2.05, 4.69) is 31.4 Å². The number of rotatable bonds is 2. The lowest BCUT2D eigenvalue weighted by Gasteiger charge is -2.08. The molecule has 0 radical (unpaired) electrons. The number of nitrogens with one attached hydrogen (secondary N) is 2. The highest BCUT2D eigenvalue weighted by Crippen LogP contribution is 2.27. The summed E-state index contributed by atoms with van der Waals surface area (Å²) in [6, 6.07) is 1.71. The van der Waals surface area contributed by atoms with E-state index in [1.54, 1.807) is 6.92 Å². The van der Waals surface area contributed by atoms with Gasteiger partial charge in [-0.15, -0.1) is 0 Å². The molecule has 0 fully saturated rings. The number of aromatic nitrogens is 2. The molecule has 2 rings (SSSR count). The number of halogens is 3. The molecule has 5 nitrogen and oxygen atoms in total. The van der Waals surface area contributed by atoms with Gasteiger partial charge in [-0.05, 0) is 28.9 Å². The summed E-state index contributed by atoms with van der Waals surface area (Å²) in [6.07, 6.45) is 0. The number of aromatic amines is 1. The second-order valence-corrected chi connectivity index (χ2v) is 4.66. The molecule has 0 bridgehead atoms. The summed E-state index contributed by atoms with van der Waals surface area (Å²) >= 11 is 2.97. The minimum Gasteiger partial charge on any atom is -0.395 e. The van der Waals surface area contributed by atoms with Gasteiger partial charge in [0.2, 0.25) is 0 Å². The van der Waals surface area contributed by atoms with E-state index in [1.807, 2.05) is 0 Å². The average molecular weight is 331 g/mol. The third-order valence-corrected chi connectivity index (χ3v) is 3.08. The molecule has 1 aromatic carbocycles. The van der Waals surface area contributed by atoms with E-state index < -0.39 is 17.5 Å². The molecule has 0 spiro atoms. The summed E-state index contributed by atoms with van der Waals surface area (Å²) in [6.45, 7) is 1.65. The van der Waals surface area contributed by atoms with Gasteiger partial charge in [-0.3, -0.25) is 9.89 Å². The van der Waals surface area contributed by atoms with E-state index >= 15 is 0 Å².